The number of para-hydroxylation sites is 1. The van der Waals surface area contributed by atoms with Crippen LogP contribution < -0.4 is 9.26 Å². The van der Waals surface area contributed by atoms with E-state index >= 15 is 0 Å². The molecule has 0 spiro atoms. The van der Waals surface area contributed by atoms with Crippen LogP contribution >= 0.6 is 7.60 Å². The quantitative estimate of drug-likeness (QED) is 0.0720. The van der Waals surface area contributed by atoms with Gasteiger partial charge in [-0.15, -0.1) is 0 Å². The molecule has 5 aromatic rings. The van der Waals surface area contributed by atoms with Gasteiger partial charge in [-0.05, 0) is 73.2 Å². The molecule has 1 aliphatic heterocycles. The second kappa shape index (κ2) is 19.6. The number of ether oxygens (including phenoxy) is 2. The van der Waals surface area contributed by atoms with Crippen molar-refractivity contribution in [2.75, 3.05) is 13.0 Å². The van der Waals surface area contributed by atoms with Crippen LogP contribution in [0, 0.1) is 0 Å². The van der Waals surface area contributed by atoms with Crippen molar-refractivity contribution >= 4 is 19.6 Å². The van der Waals surface area contributed by atoms with Gasteiger partial charge in [0, 0.05) is 13.1 Å². The third kappa shape index (κ3) is 11.1. The smallest absolute Gasteiger partial charge is 0.417 e. The number of esters is 1. The van der Waals surface area contributed by atoms with Crippen LogP contribution in [-0.4, -0.2) is 75.4 Å². The molecule has 1 aliphatic rings. The zero-order valence-electron chi connectivity index (χ0n) is 32.1. The molecule has 11 nitrogen and oxygen atoms in total. The highest BCUT2D eigenvalue weighted by Crippen LogP contribution is 2.49. The fourth-order valence-electron chi connectivity index (χ4n) is 6.90. The lowest BCUT2D eigenvalue weighted by molar-refractivity contribution is -0.150. The fraction of sp³-hybridized carbons (Fsp3) is 0.289. The molecule has 5 aromatic carbocycles. The number of carbonyl (C=O) groups is 2. The fourth-order valence-corrected chi connectivity index (χ4v) is 8.38. The van der Waals surface area contributed by atoms with Gasteiger partial charge in [0.25, 0.3) is 0 Å². The maximum Gasteiger partial charge on any atom is 0.417 e. The van der Waals surface area contributed by atoms with Crippen LogP contribution in [-0.2, 0) is 44.6 Å². The Balaban J connectivity index is 1.26. The summed E-state index contributed by atoms with van der Waals surface area (Å²) in [5, 5.41) is 24.1. The number of aliphatic hydroxyl groups excluding tert-OH is 2. The van der Waals surface area contributed by atoms with E-state index in [9.17, 15) is 24.4 Å². The summed E-state index contributed by atoms with van der Waals surface area (Å²) in [5.41, 5.74) is 3.47. The van der Waals surface area contributed by atoms with E-state index in [1.807, 2.05) is 91.0 Å². The second-order valence-corrected chi connectivity index (χ2v) is 15.8. The molecule has 298 valence electrons. The van der Waals surface area contributed by atoms with Gasteiger partial charge in [0.05, 0.1) is 18.7 Å². The summed E-state index contributed by atoms with van der Waals surface area (Å²) in [4.78, 5) is 30.6. The molecule has 0 aliphatic carbocycles. The molecule has 1 fully saturated rings. The van der Waals surface area contributed by atoms with E-state index in [-0.39, 0.29) is 37.9 Å². The first kappa shape index (κ1) is 41.2. The highest BCUT2D eigenvalue weighted by molar-refractivity contribution is 7.54. The number of carbonyl (C=O) groups excluding carboxylic acids is 2. The molecule has 0 bridgehead atoms. The number of aliphatic hydroxyl groups is 2. The summed E-state index contributed by atoms with van der Waals surface area (Å²) in [7, 11) is -4.05. The minimum Gasteiger partial charge on any atom is -0.480 e. The van der Waals surface area contributed by atoms with Gasteiger partial charge >= 0.3 is 19.6 Å². The second-order valence-electron chi connectivity index (χ2n) is 14.0. The van der Waals surface area contributed by atoms with Crippen LogP contribution in [0.25, 0.3) is 0 Å². The van der Waals surface area contributed by atoms with E-state index in [0.717, 1.165) is 22.3 Å². The van der Waals surface area contributed by atoms with E-state index in [4.69, 9.17) is 18.5 Å². The number of nitrogens with zero attached hydrogens (tertiary/aromatic N) is 2. The maximum absolute atomic E-state index is 14.9. The van der Waals surface area contributed by atoms with Gasteiger partial charge < -0.3 is 34.0 Å². The van der Waals surface area contributed by atoms with Crippen molar-refractivity contribution in [3.8, 4) is 11.5 Å². The van der Waals surface area contributed by atoms with Crippen LogP contribution in [0.5, 0.6) is 11.5 Å². The number of benzene rings is 5. The van der Waals surface area contributed by atoms with Crippen LogP contribution in [0.15, 0.2) is 146 Å². The van der Waals surface area contributed by atoms with Crippen molar-refractivity contribution in [3.63, 3.8) is 0 Å². The topological polar surface area (TPSA) is 135 Å². The first-order valence-corrected chi connectivity index (χ1v) is 20.8. The number of hydrogen-bond donors (Lipinski definition) is 2. The zero-order chi connectivity index (χ0) is 40.2. The molecule has 0 radical (unpaired) electrons. The Morgan fingerprint density at radius 2 is 1.09 bits per heavy atom. The third-order valence-corrected chi connectivity index (χ3v) is 11.4. The van der Waals surface area contributed by atoms with E-state index in [0.29, 0.717) is 12.2 Å². The molecule has 0 saturated carbocycles. The summed E-state index contributed by atoms with van der Waals surface area (Å²) in [6, 6.07) is 42.5. The lowest BCUT2D eigenvalue weighted by Gasteiger charge is -2.36. The van der Waals surface area contributed by atoms with Crippen molar-refractivity contribution in [2.24, 2.45) is 0 Å². The normalized spacial score (nSPS) is 19.9. The monoisotopic (exact) mass is 792 g/mol. The SMILES string of the molecule is CCOC(=O)[C@@H](C)OP(=O)(COc1ccc(C[C@@H]2[C@H](O)[C@@H](O)[C@@H](Cc3ccccc3)N(Cc3ccccc3)C(=O)N2Cc2ccccc2)cc1)Oc1ccccc1. The van der Waals surface area contributed by atoms with Crippen LogP contribution in [0.3, 0.4) is 0 Å². The first-order valence-electron chi connectivity index (χ1n) is 19.1. The number of rotatable bonds is 17. The number of hydrogen-bond acceptors (Lipinski definition) is 9. The van der Waals surface area contributed by atoms with Crippen LogP contribution in [0.1, 0.15) is 36.1 Å². The van der Waals surface area contributed by atoms with Crippen LogP contribution in [0.2, 0.25) is 0 Å². The van der Waals surface area contributed by atoms with Gasteiger partial charge in [-0.2, -0.15) is 0 Å². The molecule has 6 atom stereocenters. The average molecular weight is 793 g/mol. The highest BCUT2D eigenvalue weighted by Gasteiger charge is 2.46. The van der Waals surface area contributed by atoms with E-state index < -0.39 is 50.3 Å². The molecular formula is C45H49N2O9P. The minimum absolute atomic E-state index is 0.133. The summed E-state index contributed by atoms with van der Waals surface area (Å²) < 4.78 is 36.3. The molecule has 0 aromatic heterocycles. The van der Waals surface area contributed by atoms with Crippen molar-refractivity contribution in [1.82, 2.24) is 9.80 Å². The predicted octanol–water partition coefficient (Wildman–Crippen LogP) is 7.65. The summed E-state index contributed by atoms with van der Waals surface area (Å²) in [6.45, 7) is 3.68. The van der Waals surface area contributed by atoms with Crippen LogP contribution in [0.4, 0.5) is 4.79 Å². The van der Waals surface area contributed by atoms with E-state index in [1.165, 1.54) is 6.92 Å². The Morgan fingerprint density at radius 3 is 1.56 bits per heavy atom. The molecule has 2 N–H and O–H groups in total. The standard InChI is InChI=1S/C45H49N2O9P/c1-3-53-44(50)33(2)55-57(52,56-39-22-14-7-15-23-39)32-54-38-26-24-35(25-27-38)29-41-43(49)42(48)40(28-34-16-8-4-9-17-34)46(30-36-18-10-5-11-19-36)45(51)47(41)31-37-20-12-6-13-21-37/h4-27,33,40-43,48-49H,3,28-32H2,1-2H3/t33-,40-,41-,42+,43+,57?/m1/s1. The molecule has 2 amide bonds. The van der Waals surface area contributed by atoms with Gasteiger partial charge in [0.2, 0.25) is 6.35 Å². The zero-order valence-corrected chi connectivity index (χ0v) is 33.0. The number of urea groups is 1. The minimum atomic E-state index is -4.05. The third-order valence-electron chi connectivity index (χ3n) is 9.79. The molecular weight excluding hydrogens is 743 g/mol. The Hall–Kier alpha value is -5.45. The van der Waals surface area contributed by atoms with Gasteiger partial charge in [-0.1, -0.05) is 121 Å². The molecule has 1 heterocycles. The molecule has 1 saturated heterocycles. The molecule has 57 heavy (non-hydrogen) atoms. The lowest BCUT2D eigenvalue weighted by atomic mass is 9.91. The van der Waals surface area contributed by atoms with Gasteiger partial charge in [-0.25, -0.2) is 14.2 Å². The van der Waals surface area contributed by atoms with Gasteiger partial charge in [0.15, 0.2) is 6.10 Å². The first-order chi connectivity index (χ1) is 27.6. The molecule has 1 unspecified atom stereocenters. The average Bonchev–Trinajstić information content (AvgIpc) is 3.29. The van der Waals surface area contributed by atoms with Crippen molar-refractivity contribution in [2.45, 2.75) is 70.2 Å². The van der Waals surface area contributed by atoms with Crippen molar-refractivity contribution < 1.29 is 42.9 Å². The highest BCUT2D eigenvalue weighted by atomic mass is 31.2. The van der Waals surface area contributed by atoms with Crippen molar-refractivity contribution in [1.29, 1.82) is 0 Å². The Labute approximate surface area is 333 Å². The molecule has 6 rings (SSSR count). The Kier molecular flexibility index (Phi) is 14.2. The number of amides is 2. The molecule has 12 heteroatoms. The van der Waals surface area contributed by atoms with E-state index in [2.05, 4.69) is 0 Å². The van der Waals surface area contributed by atoms with E-state index in [1.54, 1.807) is 71.3 Å². The summed E-state index contributed by atoms with van der Waals surface area (Å²) in [5.74, 6) is -0.0551. The van der Waals surface area contributed by atoms with Gasteiger partial charge in [0.1, 0.15) is 23.7 Å². The summed E-state index contributed by atoms with van der Waals surface area (Å²) >= 11 is 0. The summed E-state index contributed by atoms with van der Waals surface area (Å²) in [6.07, 6.45) is -3.70. The van der Waals surface area contributed by atoms with Crippen molar-refractivity contribution in [3.05, 3.63) is 168 Å². The maximum atomic E-state index is 14.9. The van der Waals surface area contributed by atoms with Gasteiger partial charge in [-0.3, -0.25) is 4.52 Å². The predicted molar refractivity (Wildman–Crippen MR) is 217 cm³/mol. The Bertz CT molecular complexity index is 2060. The lowest BCUT2D eigenvalue weighted by Crippen LogP contribution is -2.50. The largest absolute Gasteiger partial charge is 0.480 e. The Morgan fingerprint density at radius 1 is 0.649 bits per heavy atom.